The van der Waals surface area contributed by atoms with Crippen molar-refractivity contribution < 1.29 is 17.9 Å². The summed E-state index contributed by atoms with van der Waals surface area (Å²) in [6.07, 6.45) is 3.08. The molecule has 1 saturated heterocycles. The summed E-state index contributed by atoms with van der Waals surface area (Å²) >= 11 is 0. The highest BCUT2D eigenvalue weighted by molar-refractivity contribution is 5.76. The Labute approximate surface area is 212 Å². The minimum absolute atomic E-state index is 0.0593. The minimum Gasteiger partial charge on any atom is -0.367 e. The number of rotatable bonds is 4. The Kier molecular flexibility index (Phi) is 4.94. The normalized spacial score (nSPS) is 31.7. The standard InChI is InChI=1S/C26H30F3N7O/c1-13-10-35(12-20(37-13)16-9-30-36(11-16)17-4-5-17)24-33-22(21-23(34-24)32-15(3)14(2)31-21)25-7-6-18(25)19(8-25)26(27,28)29/h9,11,13,17-20H,4-8,10,12H2,1-3H3/t13-,18?,19?,20+,25?/m1/s1. The Hall–Kier alpha value is -2.82. The van der Waals surface area contributed by atoms with Gasteiger partial charge in [0.2, 0.25) is 5.95 Å². The number of aryl methyl sites for hydroxylation is 2. The van der Waals surface area contributed by atoms with Crippen LogP contribution in [-0.2, 0) is 10.2 Å². The number of morpholine rings is 1. The number of fused-ring (bicyclic) bond motifs is 2. The molecule has 37 heavy (non-hydrogen) atoms. The van der Waals surface area contributed by atoms with Crippen LogP contribution in [0.5, 0.6) is 0 Å². The molecule has 4 heterocycles. The molecular weight excluding hydrogens is 483 g/mol. The van der Waals surface area contributed by atoms with Crippen molar-refractivity contribution in [1.29, 1.82) is 0 Å². The number of alkyl halides is 3. The average Bonchev–Trinajstić information content (AvgIpc) is 3.56. The van der Waals surface area contributed by atoms with Gasteiger partial charge in [-0.1, -0.05) is 0 Å². The van der Waals surface area contributed by atoms with Gasteiger partial charge >= 0.3 is 6.18 Å². The maximum absolute atomic E-state index is 13.7. The number of nitrogens with zero attached hydrogens (tertiary/aromatic N) is 7. The lowest BCUT2D eigenvalue weighted by Gasteiger charge is -2.63. The monoisotopic (exact) mass is 513 g/mol. The van der Waals surface area contributed by atoms with E-state index in [1.807, 2.05) is 31.6 Å². The van der Waals surface area contributed by atoms with Gasteiger partial charge in [-0.25, -0.2) is 15.0 Å². The fourth-order valence-corrected chi connectivity index (χ4v) is 6.55. The van der Waals surface area contributed by atoms with E-state index in [0.717, 1.165) is 29.8 Å². The van der Waals surface area contributed by atoms with Crippen LogP contribution in [0.1, 0.15) is 73.8 Å². The molecule has 3 aliphatic carbocycles. The van der Waals surface area contributed by atoms with Gasteiger partial charge in [0.25, 0.3) is 0 Å². The molecule has 8 nitrogen and oxygen atoms in total. The molecule has 0 amide bonds. The number of hydrogen-bond acceptors (Lipinski definition) is 7. The maximum Gasteiger partial charge on any atom is 0.392 e. The third-order valence-electron chi connectivity index (χ3n) is 8.96. The van der Waals surface area contributed by atoms with Gasteiger partial charge in [0.15, 0.2) is 5.65 Å². The van der Waals surface area contributed by atoms with Crippen LogP contribution in [-0.4, -0.2) is 55.1 Å². The highest BCUT2D eigenvalue weighted by Gasteiger charge is 2.69. The summed E-state index contributed by atoms with van der Waals surface area (Å²) < 4.78 is 49.3. The van der Waals surface area contributed by atoms with Crippen LogP contribution in [0.4, 0.5) is 19.1 Å². The SMILES string of the molecule is Cc1nc2nc(N3C[C@@H](C)O[C@H](c4cnn(C5CC5)c4)C3)nc(C34CCC3C(C(F)(F)F)C4)c2nc1C. The third-order valence-corrected chi connectivity index (χ3v) is 8.96. The van der Waals surface area contributed by atoms with Crippen molar-refractivity contribution in [3.8, 4) is 0 Å². The van der Waals surface area contributed by atoms with E-state index in [9.17, 15) is 13.2 Å². The van der Waals surface area contributed by atoms with Crippen molar-refractivity contribution in [2.75, 3.05) is 18.0 Å². The van der Waals surface area contributed by atoms with E-state index in [1.165, 1.54) is 0 Å². The second-order valence-electron chi connectivity index (χ2n) is 11.4. The van der Waals surface area contributed by atoms with E-state index in [-0.39, 0.29) is 18.6 Å². The molecule has 0 aromatic carbocycles. The van der Waals surface area contributed by atoms with Crippen LogP contribution >= 0.6 is 0 Å². The van der Waals surface area contributed by atoms with Gasteiger partial charge in [-0.3, -0.25) is 4.68 Å². The van der Waals surface area contributed by atoms with Crippen molar-refractivity contribution in [3.05, 3.63) is 35.0 Å². The van der Waals surface area contributed by atoms with Gasteiger partial charge in [-0.05, 0) is 58.8 Å². The van der Waals surface area contributed by atoms with Crippen molar-refractivity contribution in [2.24, 2.45) is 11.8 Å². The number of anilines is 1. The predicted molar refractivity (Wildman–Crippen MR) is 129 cm³/mol. The molecule has 0 N–H and O–H groups in total. The summed E-state index contributed by atoms with van der Waals surface area (Å²) in [5.41, 5.74) is 3.55. The molecule has 3 aromatic rings. The van der Waals surface area contributed by atoms with Gasteiger partial charge in [0, 0.05) is 23.7 Å². The molecule has 0 spiro atoms. The van der Waals surface area contributed by atoms with Gasteiger partial charge in [0.1, 0.15) is 11.6 Å². The third kappa shape index (κ3) is 3.64. The summed E-state index contributed by atoms with van der Waals surface area (Å²) in [6.45, 7) is 6.87. The summed E-state index contributed by atoms with van der Waals surface area (Å²) in [5.74, 6) is -1.23. The molecule has 196 valence electrons. The second kappa shape index (κ2) is 7.85. The minimum atomic E-state index is -4.18. The Morgan fingerprint density at radius 3 is 2.49 bits per heavy atom. The summed E-state index contributed by atoms with van der Waals surface area (Å²) in [6, 6.07) is 0.486. The van der Waals surface area contributed by atoms with E-state index in [4.69, 9.17) is 24.7 Å². The average molecular weight is 514 g/mol. The van der Waals surface area contributed by atoms with E-state index in [2.05, 4.69) is 16.2 Å². The molecule has 1 aliphatic heterocycles. The van der Waals surface area contributed by atoms with Crippen molar-refractivity contribution in [1.82, 2.24) is 29.7 Å². The fourth-order valence-electron chi connectivity index (χ4n) is 6.55. The topological polar surface area (TPSA) is 81.9 Å². The zero-order chi connectivity index (χ0) is 25.7. The molecule has 3 unspecified atom stereocenters. The van der Waals surface area contributed by atoms with Crippen LogP contribution in [0.2, 0.25) is 0 Å². The van der Waals surface area contributed by atoms with Crippen molar-refractivity contribution in [3.63, 3.8) is 0 Å². The first-order chi connectivity index (χ1) is 17.6. The van der Waals surface area contributed by atoms with Crippen LogP contribution in [0.25, 0.3) is 11.2 Å². The predicted octanol–water partition coefficient (Wildman–Crippen LogP) is 4.76. The lowest BCUT2D eigenvalue weighted by atomic mass is 9.41. The van der Waals surface area contributed by atoms with Crippen molar-refractivity contribution >= 4 is 17.1 Å². The van der Waals surface area contributed by atoms with E-state index in [1.54, 1.807) is 0 Å². The van der Waals surface area contributed by atoms with Gasteiger partial charge < -0.3 is 9.64 Å². The van der Waals surface area contributed by atoms with E-state index in [0.29, 0.717) is 54.8 Å². The lowest BCUT2D eigenvalue weighted by molar-refractivity contribution is -0.259. The molecule has 4 fully saturated rings. The lowest BCUT2D eigenvalue weighted by Crippen LogP contribution is -2.63. The molecule has 3 saturated carbocycles. The molecule has 0 radical (unpaired) electrons. The molecule has 0 bridgehead atoms. The van der Waals surface area contributed by atoms with Gasteiger partial charge in [-0.15, -0.1) is 0 Å². The van der Waals surface area contributed by atoms with Crippen LogP contribution in [0.15, 0.2) is 12.4 Å². The Bertz CT molecular complexity index is 1390. The second-order valence-corrected chi connectivity index (χ2v) is 11.4. The smallest absolute Gasteiger partial charge is 0.367 e. The zero-order valence-electron chi connectivity index (χ0n) is 21.2. The first-order valence-corrected chi connectivity index (χ1v) is 13.2. The number of aromatic nitrogens is 6. The van der Waals surface area contributed by atoms with E-state index < -0.39 is 23.4 Å². The van der Waals surface area contributed by atoms with Gasteiger partial charge in [0.05, 0.1) is 47.9 Å². The largest absolute Gasteiger partial charge is 0.392 e. The number of halogens is 3. The molecule has 5 atom stereocenters. The summed E-state index contributed by atoms with van der Waals surface area (Å²) in [4.78, 5) is 21.3. The zero-order valence-corrected chi connectivity index (χ0v) is 21.2. The number of hydrogen-bond donors (Lipinski definition) is 0. The first kappa shape index (κ1) is 23.3. The van der Waals surface area contributed by atoms with E-state index >= 15 is 0 Å². The Morgan fingerprint density at radius 1 is 1.03 bits per heavy atom. The van der Waals surface area contributed by atoms with Crippen LogP contribution in [0.3, 0.4) is 0 Å². The summed E-state index contributed by atoms with van der Waals surface area (Å²) in [7, 11) is 0. The Morgan fingerprint density at radius 2 is 1.81 bits per heavy atom. The fraction of sp³-hybridized carbons (Fsp3) is 0.654. The first-order valence-electron chi connectivity index (χ1n) is 13.2. The van der Waals surface area contributed by atoms with Gasteiger partial charge in [-0.2, -0.15) is 23.3 Å². The molecule has 4 aliphatic rings. The molecule has 11 heteroatoms. The van der Waals surface area contributed by atoms with Crippen molar-refractivity contribution in [2.45, 2.75) is 82.7 Å². The molecule has 7 rings (SSSR count). The highest BCUT2D eigenvalue weighted by Crippen LogP contribution is 2.68. The summed E-state index contributed by atoms with van der Waals surface area (Å²) in [5, 5.41) is 4.52. The molecule has 3 aromatic heterocycles. The Balaban J connectivity index is 1.27. The van der Waals surface area contributed by atoms with Crippen LogP contribution in [0, 0.1) is 25.7 Å². The quantitative estimate of drug-likeness (QED) is 0.497. The molecular formula is C26H30F3N7O. The maximum atomic E-state index is 13.7. The van der Waals surface area contributed by atoms with Crippen LogP contribution < -0.4 is 4.90 Å². The number of ether oxygens (including phenoxy) is 1. The highest BCUT2D eigenvalue weighted by atomic mass is 19.4.